The number of rotatable bonds is 4. The Morgan fingerprint density at radius 1 is 1.32 bits per heavy atom. The van der Waals surface area contributed by atoms with Crippen molar-refractivity contribution >= 4 is 6.09 Å². The highest BCUT2D eigenvalue weighted by molar-refractivity contribution is 5.68. The van der Waals surface area contributed by atoms with Gasteiger partial charge in [0.25, 0.3) is 0 Å². The highest BCUT2D eigenvalue weighted by Crippen LogP contribution is 2.20. The molecule has 2 rings (SSSR count). The molecule has 1 saturated carbocycles. The minimum Gasteiger partial charge on any atom is -0.444 e. The predicted octanol–water partition coefficient (Wildman–Crippen LogP) is 2.83. The Balaban J connectivity index is 1.72. The third-order valence-corrected chi connectivity index (χ3v) is 3.77. The molecule has 1 aromatic rings. The lowest BCUT2D eigenvalue weighted by Gasteiger charge is -2.21. The van der Waals surface area contributed by atoms with E-state index in [-0.39, 0.29) is 12.1 Å². The van der Waals surface area contributed by atoms with Crippen LogP contribution in [0.4, 0.5) is 4.79 Å². The molecule has 0 saturated heterocycles. The van der Waals surface area contributed by atoms with Gasteiger partial charge in [-0.3, -0.25) is 0 Å². The van der Waals surface area contributed by atoms with Crippen LogP contribution in [0.25, 0.3) is 0 Å². The van der Waals surface area contributed by atoms with E-state index in [0.29, 0.717) is 12.6 Å². The van der Waals surface area contributed by atoms with Crippen LogP contribution in [0.1, 0.15) is 57.4 Å². The molecule has 0 spiro atoms. The zero-order valence-corrected chi connectivity index (χ0v) is 14.2. The molecule has 0 aromatic carbocycles. The SMILES string of the molecule is Cc1nc(CNC2CCC(NC(=O)OC(C)(C)C)C2)oc1C. The molecule has 22 heavy (non-hydrogen) atoms. The summed E-state index contributed by atoms with van der Waals surface area (Å²) in [5.74, 6) is 1.59. The van der Waals surface area contributed by atoms with E-state index < -0.39 is 5.60 Å². The fourth-order valence-electron chi connectivity index (χ4n) is 2.62. The number of amides is 1. The summed E-state index contributed by atoms with van der Waals surface area (Å²) >= 11 is 0. The first-order valence-corrected chi connectivity index (χ1v) is 7.89. The van der Waals surface area contributed by atoms with Crippen molar-refractivity contribution in [2.75, 3.05) is 0 Å². The standard InChI is InChI=1S/C16H27N3O3/c1-10-11(2)21-14(18-10)9-17-12-6-7-13(8-12)19-15(20)22-16(3,4)5/h12-13,17H,6-9H2,1-5H3,(H,19,20). The van der Waals surface area contributed by atoms with E-state index in [9.17, 15) is 4.79 Å². The number of oxazole rings is 1. The van der Waals surface area contributed by atoms with E-state index in [2.05, 4.69) is 15.6 Å². The van der Waals surface area contributed by atoms with Gasteiger partial charge in [0.05, 0.1) is 12.2 Å². The topological polar surface area (TPSA) is 76.4 Å². The van der Waals surface area contributed by atoms with Gasteiger partial charge in [-0.1, -0.05) is 0 Å². The third-order valence-electron chi connectivity index (χ3n) is 3.77. The van der Waals surface area contributed by atoms with Crippen LogP contribution in [0.5, 0.6) is 0 Å². The van der Waals surface area contributed by atoms with Crippen molar-refractivity contribution in [3.63, 3.8) is 0 Å². The zero-order valence-electron chi connectivity index (χ0n) is 14.2. The molecular formula is C16H27N3O3. The molecule has 2 unspecified atom stereocenters. The molecule has 1 amide bonds. The average Bonchev–Trinajstić information content (AvgIpc) is 2.92. The van der Waals surface area contributed by atoms with Gasteiger partial charge >= 0.3 is 6.09 Å². The number of carbonyl (C=O) groups is 1. The molecular weight excluding hydrogens is 282 g/mol. The van der Waals surface area contributed by atoms with Crippen LogP contribution in [-0.4, -0.2) is 28.8 Å². The molecule has 2 atom stereocenters. The van der Waals surface area contributed by atoms with Crippen LogP contribution in [0.3, 0.4) is 0 Å². The Morgan fingerprint density at radius 3 is 2.59 bits per heavy atom. The molecule has 2 N–H and O–H groups in total. The monoisotopic (exact) mass is 309 g/mol. The summed E-state index contributed by atoms with van der Waals surface area (Å²) in [5, 5.41) is 6.38. The first kappa shape index (κ1) is 16.8. The molecule has 6 heteroatoms. The summed E-state index contributed by atoms with van der Waals surface area (Å²) in [4.78, 5) is 16.1. The summed E-state index contributed by atoms with van der Waals surface area (Å²) in [7, 11) is 0. The number of carbonyl (C=O) groups excluding carboxylic acids is 1. The second kappa shape index (κ2) is 6.69. The fraction of sp³-hybridized carbons (Fsp3) is 0.750. The van der Waals surface area contributed by atoms with Crippen LogP contribution >= 0.6 is 0 Å². The van der Waals surface area contributed by atoms with Crippen molar-refractivity contribution in [2.45, 2.75) is 78.1 Å². The summed E-state index contributed by atoms with van der Waals surface area (Å²) in [6, 6.07) is 0.535. The predicted molar refractivity (Wildman–Crippen MR) is 83.6 cm³/mol. The average molecular weight is 309 g/mol. The van der Waals surface area contributed by atoms with E-state index in [1.165, 1.54) is 0 Å². The van der Waals surface area contributed by atoms with Crippen LogP contribution in [0, 0.1) is 13.8 Å². The molecule has 1 fully saturated rings. The van der Waals surface area contributed by atoms with E-state index in [1.54, 1.807) is 0 Å². The van der Waals surface area contributed by atoms with Gasteiger partial charge in [-0.25, -0.2) is 9.78 Å². The molecule has 124 valence electrons. The highest BCUT2D eigenvalue weighted by atomic mass is 16.6. The summed E-state index contributed by atoms with van der Waals surface area (Å²) in [6.07, 6.45) is 2.55. The summed E-state index contributed by atoms with van der Waals surface area (Å²) < 4.78 is 10.8. The van der Waals surface area contributed by atoms with E-state index in [4.69, 9.17) is 9.15 Å². The molecule has 6 nitrogen and oxygen atoms in total. The maximum atomic E-state index is 11.8. The van der Waals surface area contributed by atoms with Crippen molar-refractivity contribution in [1.29, 1.82) is 0 Å². The van der Waals surface area contributed by atoms with Gasteiger partial charge in [-0.2, -0.15) is 0 Å². The molecule has 1 aromatic heterocycles. The van der Waals surface area contributed by atoms with E-state index in [0.717, 1.165) is 36.6 Å². The molecule has 0 bridgehead atoms. The molecule has 0 radical (unpaired) electrons. The Labute approximate surface area is 132 Å². The zero-order chi connectivity index (χ0) is 16.3. The van der Waals surface area contributed by atoms with Crippen LogP contribution in [-0.2, 0) is 11.3 Å². The Morgan fingerprint density at radius 2 is 2.00 bits per heavy atom. The van der Waals surface area contributed by atoms with Crippen molar-refractivity contribution in [1.82, 2.24) is 15.6 Å². The number of alkyl carbamates (subject to hydrolysis) is 1. The van der Waals surface area contributed by atoms with Crippen LogP contribution in [0.15, 0.2) is 4.42 Å². The molecule has 1 aliphatic rings. The fourth-order valence-corrected chi connectivity index (χ4v) is 2.62. The number of aryl methyl sites for hydroxylation is 2. The molecule has 1 heterocycles. The van der Waals surface area contributed by atoms with Gasteiger partial charge in [0, 0.05) is 12.1 Å². The van der Waals surface area contributed by atoms with Crippen molar-refractivity contribution in [3.8, 4) is 0 Å². The van der Waals surface area contributed by atoms with Gasteiger partial charge in [0.2, 0.25) is 5.89 Å². The number of nitrogens with one attached hydrogen (secondary N) is 2. The van der Waals surface area contributed by atoms with Crippen LogP contribution in [0.2, 0.25) is 0 Å². The number of nitrogens with zero attached hydrogens (tertiary/aromatic N) is 1. The Bertz CT molecular complexity index is 500. The van der Waals surface area contributed by atoms with Crippen molar-refractivity contribution in [2.24, 2.45) is 0 Å². The normalized spacial score (nSPS) is 21.9. The van der Waals surface area contributed by atoms with Crippen LogP contribution < -0.4 is 10.6 Å². The lowest BCUT2D eigenvalue weighted by molar-refractivity contribution is 0.0505. The quantitative estimate of drug-likeness (QED) is 0.894. The number of hydrogen-bond acceptors (Lipinski definition) is 5. The van der Waals surface area contributed by atoms with Gasteiger partial charge in [0.15, 0.2) is 0 Å². The van der Waals surface area contributed by atoms with Gasteiger partial charge in [-0.05, 0) is 53.9 Å². The van der Waals surface area contributed by atoms with Crippen molar-refractivity contribution in [3.05, 3.63) is 17.3 Å². The second-order valence-electron chi connectivity index (χ2n) is 6.98. The van der Waals surface area contributed by atoms with Gasteiger partial charge in [0.1, 0.15) is 11.4 Å². The number of ether oxygens (including phenoxy) is 1. The number of aromatic nitrogens is 1. The lowest BCUT2D eigenvalue weighted by atomic mass is 10.2. The highest BCUT2D eigenvalue weighted by Gasteiger charge is 2.27. The largest absolute Gasteiger partial charge is 0.444 e. The smallest absolute Gasteiger partial charge is 0.407 e. The van der Waals surface area contributed by atoms with Gasteiger partial charge < -0.3 is 19.8 Å². The van der Waals surface area contributed by atoms with Gasteiger partial charge in [-0.15, -0.1) is 0 Å². The second-order valence-corrected chi connectivity index (χ2v) is 6.98. The maximum Gasteiger partial charge on any atom is 0.407 e. The minimum absolute atomic E-state index is 0.167. The first-order chi connectivity index (χ1) is 10.2. The third kappa shape index (κ3) is 5.02. The number of hydrogen-bond donors (Lipinski definition) is 2. The summed E-state index contributed by atoms with van der Waals surface area (Å²) in [5.41, 5.74) is 0.480. The Kier molecular flexibility index (Phi) is 5.11. The maximum absolute atomic E-state index is 11.8. The first-order valence-electron chi connectivity index (χ1n) is 7.89. The van der Waals surface area contributed by atoms with E-state index in [1.807, 2.05) is 34.6 Å². The Hall–Kier alpha value is -1.56. The summed E-state index contributed by atoms with van der Waals surface area (Å²) in [6.45, 7) is 10.1. The minimum atomic E-state index is -0.457. The van der Waals surface area contributed by atoms with Crippen molar-refractivity contribution < 1.29 is 13.9 Å². The lowest BCUT2D eigenvalue weighted by Crippen LogP contribution is -2.38. The van der Waals surface area contributed by atoms with E-state index >= 15 is 0 Å². The molecule has 0 aliphatic heterocycles. The molecule has 1 aliphatic carbocycles.